The van der Waals surface area contributed by atoms with Gasteiger partial charge in [0, 0.05) is 36.3 Å². The predicted octanol–water partition coefficient (Wildman–Crippen LogP) is -0.0747. The Morgan fingerprint density at radius 1 is 1.55 bits per heavy atom. The Morgan fingerprint density at radius 3 is 2.75 bits per heavy atom. The number of hydrogen-bond donors (Lipinski definition) is 2. The maximum Gasteiger partial charge on any atom is 0.269 e. The highest BCUT2D eigenvalue weighted by Gasteiger charge is 2.35. The lowest BCUT2D eigenvalue weighted by molar-refractivity contribution is -0.384. The molecule has 1 saturated heterocycles. The smallest absolute Gasteiger partial charge is 0.269 e. The molecule has 8 heteroatoms. The molecule has 0 aliphatic carbocycles. The number of hydrogen-bond acceptors (Lipinski definition) is 5. The molecule has 0 spiro atoms. The molecule has 20 heavy (non-hydrogen) atoms. The van der Waals surface area contributed by atoms with E-state index in [2.05, 4.69) is 0 Å². The van der Waals surface area contributed by atoms with Crippen molar-refractivity contribution in [3.63, 3.8) is 0 Å². The molecule has 1 heterocycles. The Bertz CT molecular complexity index is 586. The lowest BCUT2D eigenvalue weighted by atomic mass is 10.1. The molecule has 106 valence electrons. The van der Waals surface area contributed by atoms with E-state index in [0.29, 0.717) is 5.69 Å². The summed E-state index contributed by atoms with van der Waals surface area (Å²) in [5.41, 5.74) is 5.64. The van der Waals surface area contributed by atoms with Crippen LogP contribution in [-0.4, -0.2) is 28.4 Å². The third-order valence-electron chi connectivity index (χ3n) is 3.26. The van der Waals surface area contributed by atoms with Crippen LogP contribution in [0.1, 0.15) is 12.0 Å². The third-order valence-corrected chi connectivity index (χ3v) is 3.26. The summed E-state index contributed by atoms with van der Waals surface area (Å²) in [6, 6.07) is 3.85. The number of nitrogens with zero attached hydrogens (tertiary/aromatic N) is 2. The molecule has 2 amide bonds. The van der Waals surface area contributed by atoms with Crippen molar-refractivity contribution in [2.75, 3.05) is 11.4 Å². The second-order valence-electron chi connectivity index (χ2n) is 4.54. The van der Waals surface area contributed by atoms with E-state index in [9.17, 15) is 24.8 Å². The van der Waals surface area contributed by atoms with E-state index >= 15 is 0 Å². The molecule has 1 unspecified atom stereocenters. The van der Waals surface area contributed by atoms with E-state index in [1.807, 2.05) is 0 Å². The number of nitrogens with two attached hydrogens (primary N) is 1. The number of benzene rings is 1. The van der Waals surface area contributed by atoms with Gasteiger partial charge in [-0.1, -0.05) is 0 Å². The van der Waals surface area contributed by atoms with E-state index in [1.54, 1.807) is 0 Å². The number of carbonyl (C=O) groups is 2. The Balaban J connectivity index is 2.35. The number of primary amides is 1. The Morgan fingerprint density at radius 2 is 2.25 bits per heavy atom. The molecule has 0 saturated carbocycles. The highest BCUT2D eigenvalue weighted by molar-refractivity contribution is 6.00. The van der Waals surface area contributed by atoms with Gasteiger partial charge in [0.1, 0.15) is 0 Å². The fraction of sp³-hybridized carbons (Fsp3) is 0.333. The van der Waals surface area contributed by atoms with Crippen molar-refractivity contribution < 1.29 is 19.6 Å². The number of carbonyl (C=O) groups excluding carboxylic acids is 2. The molecule has 1 fully saturated rings. The minimum atomic E-state index is -0.582. The minimum Gasteiger partial charge on any atom is -0.392 e. The van der Waals surface area contributed by atoms with Crippen LogP contribution in [0, 0.1) is 16.0 Å². The summed E-state index contributed by atoms with van der Waals surface area (Å²) in [7, 11) is 0. The third kappa shape index (κ3) is 2.45. The Kier molecular flexibility index (Phi) is 3.66. The number of nitro groups is 1. The highest BCUT2D eigenvalue weighted by atomic mass is 16.6. The average Bonchev–Trinajstić information content (AvgIpc) is 2.80. The molecule has 0 radical (unpaired) electrons. The molecule has 1 atom stereocenters. The number of aliphatic hydroxyl groups excluding tert-OH is 1. The number of rotatable bonds is 4. The standard InChI is InChI=1S/C12H13N3O5/c13-12(18)7-4-11(17)14(5-7)10-2-1-9(15(19)20)3-8(10)6-16/h1-3,7,16H,4-6H2,(H2,13,18). The molecule has 0 aromatic heterocycles. The summed E-state index contributed by atoms with van der Waals surface area (Å²) >= 11 is 0. The summed E-state index contributed by atoms with van der Waals surface area (Å²) in [6.07, 6.45) is 0.0111. The molecule has 8 nitrogen and oxygen atoms in total. The van der Waals surface area contributed by atoms with E-state index < -0.39 is 23.4 Å². The lowest BCUT2D eigenvalue weighted by Gasteiger charge is -2.19. The van der Waals surface area contributed by atoms with Crippen LogP contribution in [0.5, 0.6) is 0 Å². The fourth-order valence-corrected chi connectivity index (χ4v) is 2.21. The predicted molar refractivity (Wildman–Crippen MR) is 68.7 cm³/mol. The first-order valence-electron chi connectivity index (χ1n) is 5.92. The monoisotopic (exact) mass is 279 g/mol. The zero-order valence-corrected chi connectivity index (χ0v) is 10.5. The number of amides is 2. The Hall–Kier alpha value is -2.48. The van der Waals surface area contributed by atoms with Gasteiger partial charge < -0.3 is 15.7 Å². The quantitative estimate of drug-likeness (QED) is 0.589. The van der Waals surface area contributed by atoms with Gasteiger partial charge in [-0.2, -0.15) is 0 Å². The maximum atomic E-state index is 11.9. The van der Waals surface area contributed by atoms with Crippen LogP contribution in [0.2, 0.25) is 0 Å². The van der Waals surface area contributed by atoms with Crippen LogP contribution >= 0.6 is 0 Å². The van der Waals surface area contributed by atoms with Crippen molar-refractivity contribution in [3.05, 3.63) is 33.9 Å². The van der Waals surface area contributed by atoms with Gasteiger partial charge in [0.2, 0.25) is 11.8 Å². The van der Waals surface area contributed by atoms with Crippen molar-refractivity contribution in [2.45, 2.75) is 13.0 Å². The van der Waals surface area contributed by atoms with Crippen molar-refractivity contribution in [3.8, 4) is 0 Å². The summed E-state index contributed by atoms with van der Waals surface area (Å²) in [5, 5.41) is 20.0. The number of anilines is 1. The SMILES string of the molecule is NC(=O)C1CC(=O)N(c2ccc([N+](=O)[O-])cc2CO)C1. The van der Waals surface area contributed by atoms with Gasteiger partial charge in [0.25, 0.3) is 5.69 Å². The molecule has 0 bridgehead atoms. The van der Waals surface area contributed by atoms with Crippen LogP contribution in [0.25, 0.3) is 0 Å². The summed E-state index contributed by atoms with van der Waals surface area (Å²) in [5.74, 6) is -1.44. The van der Waals surface area contributed by atoms with E-state index in [4.69, 9.17) is 5.73 Å². The first-order valence-corrected chi connectivity index (χ1v) is 5.92. The largest absolute Gasteiger partial charge is 0.392 e. The molecule has 1 aromatic carbocycles. The summed E-state index contributed by atoms with van der Waals surface area (Å²) in [6.45, 7) is -0.318. The number of nitro benzene ring substituents is 1. The summed E-state index contributed by atoms with van der Waals surface area (Å²) in [4.78, 5) is 34.4. The molecule has 1 aromatic rings. The molecule has 1 aliphatic rings. The molecular formula is C12H13N3O5. The van der Waals surface area contributed by atoms with E-state index in [0.717, 1.165) is 0 Å². The van der Waals surface area contributed by atoms with Gasteiger partial charge in [-0.05, 0) is 6.07 Å². The number of non-ortho nitro benzene ring substituents is 1. The Labute approximate surface area is 113 Å². The average molecular weight is 279 g/mol. The fourth-order valence-electron chi connectivity index (χ4n) is 2.21. The second-order valence-corrected chi connectivity index (χ2v) is 4.54. The summed E-state index contributed by atoms with van der Waals surface area (Å²) < 4.78 is 0. The van der Waals surface area contributed by atoms with Crippen LogP contribution in [0.15, 0.2) is 18.2 Å². The van der Waals surface area contributed by atoms with Crippen molar-refractivity contribution in [1.29, 1.82) is 0 Å². The number of aliphatic hydroxyl groups is 1. The highest BCUT2D eigenvalue weighted by Crippen LogP contribution is 2.30. The topological polar surface area (TPSA) is 127 Å². The second kappa shape index (κ2) is 5.25. The molecule has 1 aliphatic heterocycles. The normalized spacial score (nSPS) is 18.4. The van der Waals surface area contributed by atoms with Crippen LogP contribution in [0.3, 0.4) is 0 Å². The zero-order valence-electron chi connectivity index (χ0n) is 10.5. The van der Waals surface area contributed by atoms with E-state index in [-0.39, 0.29) is 30.1 Å². The molecule has 2 rings (SSSR count). The van der Waals surface area contributed by atoms with Crippen molar-refractivity contribution in [1.82, 2.24) is 0 Å². The van der Waals surface area contributed by atoms with Crippen molar-refractivity contribution in [2.24, 2.45) is 11.7 Å². The van der Waals surface area contributed by atoms with E-state index in [1.165, 1.54) is 23.1 Å². The van der Waals surface area contributed by atoms with Crippen LogP contribution < -0.4 is 10.6 Å². The van der Waals surface area contributed by atoms with Gasteiger partial charge in [-0.3, -0.25) is 19.7 Å². The van der Waals surface area contributed by atoms with Crippen LogP contribution in [0.4, 0.5) is 11.4 Å². The maximum absolute atomic E-state index is 11.9. The van der Waals surface area contributed by atoms with Gasteiger partial charge in [-0.15, -0.1) is 0 Å². The van der Waals surface area contributed by atoms with Gasteiger partial charge in [-0.25, -0.2) is 0 Å². The first-order chi connectivity index (χ1) is 9.43. The first kappa shape index (κ1) is 13.9. The van der Waals surface area contributed by atoms with Crippen LogP contribution in [-0.2, 0) is 16.2 Å². The molecule has 3 N–H and O–H groups in total. The van der Waals surface area contributed by atoms with Gasteiger partial charge in [0.15, 0.2) is 0 Å². The van der Waals surface area contributed by atoms with Gasteiger partial charge in [0.05, 0.1) is 17.4 Å². The molecular weight excluding hydrogens is 266 g/mol. The van der Waals surface area contributed by atoms with Crippen molar-refractivity contribution >= 4 is 23.2 Å². The zero-order chi connectivity index (χ0) is 14.9. The minimum absolute atomic E-state index is 0.0111. The lowest BCUT2D eigenvalue weighted by Crippen LogP contribution is -2.29. The van der Waals surface area contributed by atoms with Gasteiger partial charge >= 0.3 is 0 Å².